The Morgan fingerprint density at radius 3 is 2.47 bits per heavy atom. The van der Waals surface area contributed by atoms with Crippen molar-refractivity contribution >= 4 is 0 Å². The van der Waals surface area contributed by atoms with Gasteiger partial charge in [-0.25, -0.2) is 0 Å². The zero-order valence-electron chi connectivity index (χ0n) is 12.1. The summed E-state index contributed by atoms with van der Waals surface area (Å²) in [6, 6.07) is 10.6. The van der Waals surface area contributed by atoms with Crippen LogP contribution in [0.1, 0.15) is 25.3 Å². The summed E-state index contributed by atoms with van der Waals surface area (Å²) < 4.78 is 10.9. The summed E-state index contributed by atoms with van der Waals surface area (Å²) in [5.41, 5.74) is 1.39. The van der Waals surface area contributed by atoms with E-state index < -0.39 is 0 Å². The highest BCUT2D eigenvalue weighted by atomic mass is 16.5. The van der Waals surface area contributed by atoms with Gasteiger partial charge >= 0.3 is 0 Å². The van der Waals surface area contributed by atoms with Gasteiger partial charge in [0.15, 0.2) is 0 Å². The number of aryl methyl sites for hydroxylation is 1. The highest BCUT2D eigenvalue weighted by Gasteiger charge is 1.93. The Hall–Kier alpha value is -0.900. The summed E-state index contributed by atoms with van der Waals surface area (Å²) >= 11 is 0. The van der Waals surface area contributed by atoms with Crippen LogP contribution in [0.15, 0.2) is 30.3 Å². The molecule has 3 nitrogen and oxygen atoms in total. The Morgan fingerprint density at radius 2 is 1.68 bits per heavy atom. The molecule has 0 saturated heterocycles. The highest BCUT2D eigenvalue weighted by Crippen LogP contribution is 2.01. The van der Waals surface area contributed by atoms with Crippen molar-refractivity contribution in [1.82, 2.24) is 5.32 Å². The Morgan fingerprint density at radius 1 is 0.895 bits per heavy atom. The molecule has 0 amide bonds. The van der Waals surface area contributed by atoms with Crippen molar-refractivity contribution in [3.8, 4) is 0 Å². The second kappa shape index (κ2) is 12.2. The summed E-state index contributed by atoms with van der Waals surface area (Å²) in [5.74, 6) is 0. The van der Waals surface area contributed by atoms with Crippen LogP contribution in [0.3, 0.4) is 0 Å². The summed E-state index contributed by atoms with van der Waals surface area (Å²) in [6.07, 6.45) is 3.26. The molecule has 0 radical (unpaired) electrons. The van der Waals surface area contributed by atoms with Crippen LogP contribution < -0.4 is 5.32 Å². The first-order valence-electron chi connectivity index (χ1n) is 7.33. The van der Waals surface area contributed by atoms with E-state index >= 15 is 0 Å². The monoisotopic (exact) mass is 265 g/mol. The topological polar surface area (TPSA) is 30.5 Å². The van der Waals surface area contributed by atoms with E-state index in [-0.39, 0.29) is 0 Å². The molecule has 1 aromatic carbocycles. The van der Waals surface area contributed by atoms with Crippen molar-refractivity contribution < 1.29 is 9.47 Å². The van der Waals surface area contributed by atoms with E-state index in [9.17, 15) is 0 Å². The molecule has 0 aliphatic rings. The van der Waals surface area contributed by atoms with Crippen LogP contribution in [0, 0.1) is 0 Å². The molecule has 0 atom stereocenters. The lowest BCUT2D eigenvalue weighted by atomic mass is 10.1. The number of benzene rings is 1. The first kappa shape index (κ1) is 16.2. The Kier molecular flexibility index (Phi) is 10.3. The zero-order chi connectivity index (χ0) is 13.6. The molecule has 3 heteroatoms. The Balaban J connectivity index is 1.79. The van der Waals surface area contributed by atoms with E-state index in [2.05, 4.69) is 35.6 Å². The molecule has 0 saturated carbocycles. The third-order valence-electron chi connectivity index (χ3n) is 2.87. The van der Waals surface area contributed by atoms with Crippen molar-refractivity contribution in [3.05, 3.63) is 35.9 Å². The molecular weight excluding hydrogens is 238 g/mol. The fourth-order valence-corrected chi connectivity index (χ4v) is 1.84. The van der Waals surface area contributed by atoms with E-state index in [1.165, 1.54) is 5.56 Å². The van der Waals surface area contributed by atoms with Gasteiger partial charge in [-0.05, 0) is 38.3 Å². The van der Waals surface area contributed by atoms with Gasteiger partial charge < -0.3 is 14.8 Å². The van der Waals surface area contributed by atoms with Crippen molar-refractivity contribution in [2.75, 3.05) is 39.5 Å². The van der Waals surface area contributed by atoms with Gasteiger partial charge in [0.2, 0.25) is 0 Å². The van der Waals surface area contributed by atoms with Gasteiger partial charge in [0.05, 0.1) is 6.61 Å². The molecule has 1 rings (SSSR count). The lowest BCUT2D eigenvalue weighted by Crippen LogP contribution is -2.22. The standard InChI is InChI=1S/C16H27NO2/c1-2-18-14-7-11-17-12-15-19-13-6-10-16-8-4-3-5-9-16/h3-5,8-9,17H,2,6-7,10-15H2,1H3. The molecular formula is C16H27NO2. The third-order valence-corrected chi connectivity index (χ3v) is 2.87. The zero-order valence-corrected chi connectivity index (χ0v) is 12.1. The van der Waals surface area contributed by atoms with E-state index in [4.69, 9.17) is 9.47 Å². The van der Waals surface area contributed by atoms with Gasteiger partial charge in [0, 0.05) is 26.4 Å². The molecule has 1 aromatic rings. The minimum atomic E-state index is 0.795. The van der Waals surface area contributed by atoms with Crippen LogP contribution in [0.5, 0.6) is 0 Å². The van der Waals surface area contributed by atoms with Crippen LogP contribution in [0.25, 0.3) is 0 Å². The summed E-state index contributed by atoms with van der Waals surface area (Å²) in [4.78, 5) is 0. The summed E-state index contributed by atoms with van der Waals surface area (Å²) in [6.45, 7) is 7.26. The fourth-order valence-electron chi connectivity index (χ4n) is 1.84. The van der Waals surface area contributed by atoms with E-state index in [1.807, 2.05) is 6.92 Å². The van der Waals surface area contributed by atoms with Gasteiger partial charge in [-0.1, -0.05) is 30.3 Å². The Labute approximate surface area is 117 Å². The van der Waals surface area contributed by atoms with Gasteiger partial charge in [0.25, 0.3) is 0 Å². The molecule has 0 aromatic heterocycles. The fraction of sp³-hybridized carbons (Fsp3) is 0.625. The van der Waals surface area contributed by atoms with Gasteiger partial charge in [-0.3, -0.25) is 0 Å². The predicted molar refractivity (Wildman–Crippen MR) is 79.6 cm³/mol. The van der Waals surface area contributed by atoms with Crippen LogP contribution >= 0.6 is 0 Å². The van der Waals surface area contributed by atoms with Gasteiger partial charge in [-0.2, -0.15) is 0 Å². The lowest BCUT2D eigenvalue weighted by Gasteiger charge is -2.06. The van der Waals surface area contributed by atoms with Crippen LogP contribution in [-0.4, -0.2) is 39.5 Å². The predicted octanol–water partition coefficient (Wildman–Crippen LogP) is 2.65. The van der Waals surface area contributed by atoms with Crippen LogP contribution in [-0.2, 0) is 15.9 Å². The van der Waals surface area contributed by atoms with Crippen LogP contribution in [0.4, 0.5) is 0 Å². The van der Waals surface area contributed by atoms with Gasteiger partial charge in [-0.15, -0.1) is 0 Å². The molecule has 0 fully saturated rings. The SMILES string of the molecule is CCOCCCNCCOCCCc1ccccc1. The Bertz CT molecular complexity index is 290. The second-order valence-corrected chi connectivity index (χ2v) is 4.50. The lowest BCUT2D eigenvalue weighted by molar-refractivity contribution is 0.129. The number of rotatable bonds is 12. The van der Waals surface area contributed by atoms with Crippen molar-refractivity contribution in [2.24, 2.45) is 0 Å². The maximum Gasteiger partial charge on any atom is 0.0590 e. The largest absolute Gasteiger partial charge is 0.382 e. The highest BCUT2D eigenvalue weighted by molar-refractivity contribution is 5.14. The molecule has 0 heterocycles. The van der Waals surface area contributed by atoms with Crippen molar-refractivity contribution in [3.63, 3.8) is 0 Å². The van der Waals surface area contributed by atoms with Gasteiger partial charge in [0.1, 0.15) is 0 Å². The maximum atomic E-state index is 5.59. The minimum Gasteiger partial charge on any atom is -0.382 e. The molecule has 0 spiro atoms. The molecule has 0 aliphatic heterocycles. The number of ether oxygens (including phenoxy) is 2. The summed E-state index contributed by atoms with van der Waals surface area (Å²) in [5, 5.41) is 3.35. The minimum absolute atomic E-state index is 0.795. The van der Waals surface area contributed by atoms with E-state index in [1.54, 1.807) is 0 Å². The number of hydrogen-bond acceptors (Lipinski definition) is 3. The second-order valence-electron chi connectivity index (χ2n) is 4.50. The average Bonchev–Trinajstić information content (AvgIpc) is 2.46. The molecule has 19 heavy (non-hydrogen) atoms. The quantitative estimate of drug-likeness (QED) is 0.589. The first-order valence-corrected chi connectivity index (χ1v) is 7.33. The first-order chi connectivity index (χ1) is 9.43. The van der Waals surface area contributed by atoms with Crippen molar-refractivity contribution in [2.45, 2.75) is 26.2 Å². The maximum absolute atomic E-state index is 5.59. The molecule has 0 aliphatic carbocycles. The molecule has 0 bridgehead atoms. The number of hydrogen-bond donors (Lipinski definition) is 1. The number of nitrogens with one attached hydrogen (secondary N) is 1. The average molecular weight is 265 g/mol. The molecule has 108 valence electrons. The van der Waals surface area contributed by atoms with Crippen molar-refractivity contribution in [1.29, 1.82) is 0 Å². The van der Waals surface area contributed by atoms with E-state index in [0.29, 0.717) is 0 Å². The third kappa shape index (κ3) is 9.65. The molecule has 0 unspecified atom stereocenters. The van der Waals surface area contributed by atoms with Crippen LogP contribution in [0.2, 0.25) is 0 Å². The molecule has 1 N–H and O–H groups in total. The summed E-state index contributed by atoms with van der Waals surface area (Å²) in [7, 11) is 0. The van der Waals surface area contributed by atoms with E-state index in [0.717, 1.165) is 58.8 Å². The smallest absolute Gasteiger partial charge is 0.0590 e. The normalized spacial score (nSPS) is 10.8.